The second-order valence-electron chi connectivity index (χ2n) is 6.35. The first-order chi connectivity index (χ1) is 11.4. The van der Waals surface area contributed by atoms with E-state index in [1.54, 1.807) is 26.0 Å². The van der Waals surface area contributed by atoms with Crippen molar-refractivity contribution >= 4 is 5.91 Å². The normalized spacial score (nSPS) is 24.0. The van der Waals surface area contributed by atoms with E-state index in [0.717, 1.165) is 6.42 Å². The minimum atomic E-state index is -2.89. The molecular formula is C17H21F2NO4. The van der Waals surface area contributed by atoms with Crippen LogP contribution in [0.15, 0.2) is 12.1 Å². The molecule has 1 spiro atoms. The van der Waals surface area contributed by atoms with Crippen molar-refractivity contribution < 1.29 is 27.8 Å². The molecule has 3 rings (SSSR count). The first-order valence-electron chi connectivity index (χ1n) is 7.96. The van der Waals surface area contributed by atoms with Gasteiger partial charge in [-0.25, -0.2) is 0 Å². The molecule has 0 aromatic heterocycles. The fraction of sp³-hybridized carbons (Fsp3) is 0.588. The van der Waals surface area contributed by atoms with E-state index in [4.69, 9.17) is 9.47 Å². The number of hydrogen-bond donors (Lipinski definition) is 0. The molecule has 2 saturated heterocycles. The largest absolute Gasteiger partial charge is 0.434 e. The van der Waals surface area contributed by atoms with Gasteiger partial charge in [0.25, 0.3) is 5.91 Å². The predicted octanol–water partition coefficient (Wildman–Crippen LogP) is 2.54. The molecule has 24 heavy (non-hydrogen) atoms. The standard InChI is InChI=1S/C17H21F2NO4/c1-11-7-13(8-12(2)14(11)24-16(18)19)15(21)20-4-6-23-10-17(20)3-5-22-9-17/h7-8,16H,3-6,9-10H2,1-2H3. The zero-order valence-corrected chi connectivity index (χ0v) is 13.8. The van der Waals surface area contributed by atoms with Gasteiger partial charge in [0.05, 0.1) is 25.4 Å². The molecule has 132 valence electrons. The molecule has 0 N–H and O–H groups in total. The number of carbonyl (C=O) groups is 1. The van der Waals surface area contributed by atoms with Crippen molar-refractivity contribution in [1.82, 2.24) is 4.90 Å². The number of ether oxygens (including phenoxy) is 3. The SMILES string of the molecule is Cc1cc(C(=O)N2CCOCC23CCOC3)cc(C)c1OC(F)F. The van der Waals surface area contributed by atoms with Crippen LogP contribution in [0.4, 0.5) is 8.78 Å². The van der Waals surface area contributed by atoms with E-state index in [1.165, 1.54) is 0 Å². The fourth-order valence-electron chi connectivity index (χ4n) is 3.48. The lowest BCUT2D eigenvalue weighted by Crippen LogP contribution is -2.59. The van der Waals surface area contributed by atoms with Gasteiger partial charge < -0.3 is 19.1 Å². The van der Waals surface area contributed by atoms with Crippen LogP contribution in [0.5, 0.6) is 5.75 Å². The molecule has 2 fully saturated rings. The van der Waals surface area contributed by atoms with E-state index in [2.05, 4.69) is 4.74 Å². The average Bonchev–Trinajstić information content (AvgIpc) is 2.99. The average molecular weight is 341 g/mol. The molecular weight excluding hydrogens is 320 g/mol. The van der Waals surface area contributed by atoms with E-state index in [-0.39, 0.29) is 11.7 Å². The Bertz CT molecular complexity index is 606. The molecule has 0 radical (unpaired) electrons. The van der Waals surface area contributed by atoms with E-state index in [9.17, 15) is 13.6 Å². The maximum Gasteiger partial charge on any atom is 0.387 e. The van der Waals surface area contributed by atoms with Gasteiger partial charge in [0.15, 0.2) is 0 Å². The summed E-state index contributed by atoms with van der Waals surface area (Å²) in [6.45, 7) is 2.94. The number of nitrogens with zero attached hydrogens (tertiary/aromatic N) is 1. The number of carbonyl (C=O) groups excluding carboxylic acids is 1. The van der Waals surface area contributed by atoms with Gasteiger partial charge in [-0.15, -0.1) is 0 Å². The number of hydrogen-bond acceptors (Lipinski definition) is 4. The van der Waals surface area contributed by atoms with Gasteiger partial charge in [-0.3, -0.25) is 4.79 Å². The van der Waals surface area contributed by atoms with Crippen LogP contribution < -0.4 is 4.74 Å². The lowest BCUT2D eigenvalue weighted by Gasteiger charge is -2.43. The molecule has 0 aliphatic carbocycles. The summed E-state index contributed by atoms with van der Waals surface area (Å²) in [7, 11) is 0. The van der Waals surface area contributed by atoms with E-state index < -0.39 is 12.2 Å². The summed E-state index contributed by atoms with van der Waals surface area (Å²) in [4.78, 5) is 14.8. The van der Waals surface area contributed by atoms with Gasteiger partial charge >= 0.3 is 6.61 Å². The van der Waals surface area contributed by atoms with Crippen molar-refractivity contribution in [3.63, 3.8) is 0 Å². The predicted molar refractivity (Wildman–Crippen MR) is 82.6 cm³/mol. The molecule has 7 heteroatoms. The summed E-state index contributed by atoms with van der Waals surface area (Å²) in [5.74, 6) is 0.000961. The van der Waals surface area contributed by atoms with E-state index in [0.29, 0.717) is 49.7 Å². The van der Waals surface area contributed by atoms with Crippen molar-refractivity contribution in [1.29, 1.82) is 0 Å². The Morgan fingerprint density at radius 1 is 1.21 bits per heavy atom. The molecule has 1 amide bonds. The van der Waals surface area contributed by atoms with Gasteiger partial charge in [0.1, 0.15) is 5.75 Å². The molecule has 1 atom stereocenters. The van der Waals surface area contributed by atoms with E-state index in [1.807, 2.05) is 4.90 Å². The summed E-state index contributed by atoms with van der Waals surface area (Å²) < 4.78 is 40.6. The van der Waals surface area contributed by atoms with Crippen molar-refractivity contribution in [2.45, 2.75) is 32.4 Å². The second kappa shape index (κ2) is 6.64. The zero-order valence-electron chi connectivity index (χ0n) is 13.8. The summed E-state index contributed by atoms with van der Waals surface area (Å²) in [5.41, 5.74) is 1.09. The topological polar surface area (TPSA) is 48.0 Å². The highest BCUT2D eigenvalue weighted by molar-refractivity contribution is 5.95. The molecule has 0 bridgehead atoms. The number of aryl methyl sites for hydroxylation is 2. The van der Waals surface area contributed by atoms with Crippen molar-refractivity contribution in [2.75, 3.05) is 33.0 Å². The first kappa shape index (κ1) is 17.1. The van der Waals surface area contributed by atoms with Crippen LogP contribution in [0.3, 0.4) is 0 Å². The zero-order chi connectivity index (χ0) is 17.3. The van der Waals surface area contributed by atoms with E-state index >= 15 is 0 Å². The lowest BCUT2D eigenvalue weighted by atomic mass is 9.94. The van der Waals surface area contributed by atoms with Gasteiger partial charge in [0, 0.05) is 18.7 Å². The Morgan fingerprint density at radius 2 is 1.83 bits per heavy atom. The second-order valence-corrected chi connectivity index (χ2v) is 6.35. The number of amides is 1. The van der Waals surface area contributed by atoms with Gasteiger partial charge in [-0.1, -0.05) is 0 Å². The summed E-state index contributed by atoms with van der Waals surface area (Å²) in [5, 5.41) is 0. The minimum absolute atomic E-state index is 0.126. The Morgan fingerprint density at radius 3 is 2.42 bits per heavy atom. The fourth-order valence-corrected chi connectivity index (χ4v) is 3.48. The molecule has 2 aliphatic heterocycles. The third-order valence-electron chi connectivity index (χ3n) is 4.64. The molecule has 5 nitrogen and oxygen atoms in total. The first-order valence-corrected chi connectivity index (χ1v) is 7.96. The van der Waals surface area contributed by atoms with Crippen LogP contribution in [0, 0.1) is 13.8 Å². The summed E-state index contributed by atoms with van der Waals surface area (Å²) in [6.07, 6.45) is 0.739. The van der Waals surface area contributed by atoms with Crippen LogP contribution in [0.1, 0.15) is 27.9 Å². The minimum Gasteiger partial charge on any atom is -0.434 e. The third-order valence-corrected chi connectivity index (χ3v) is 4.64. The molecule has 1 aromatic carbocycles. The van der Waals surface area contributed by atoms with Gasteiger partial charge in [-0.05, 0) is 43.5 Å². The Balaban J connectivity index is 1.89. The van der Waals surface area contributed by atoms with Crippen LogP contribution in [0.25, 0.3) is 0 Å². The number of halogens is 2. The summed E-state index contributed by atoms with van der Waals surface area (Å²) in [6, 6.07) is 3.21. The highest BCUT2D eigenvalue weighted by Gasteiger charge is 2.45. The van der Waals surface area contributed by atoms with Crippen molar-refractivity contribution in [3.05, 3.63) is 28.8 Å². The molecule has 1 aromatic rings. The lowest BCUT2D eigenvalue weighted by molar-refractivity contribution is -0.0551. The third kappa shape index (κ3) is 3.10. The number of morpholine rings is 1. The maximum absolute atomic E-state index is 13.0. The molecule has 1 unspecified atom stereocenters. The van der Waals surface area contributed by atoms with Gasteiger partial charge in [-0.2, -0.15) is 8.78 Å². The number of rotatable bonds is 3. The van der Waals surface area contributed by atoms with Crippen LogP contribution in [0.2, 0.25) is 0 Å². The van der Waals surface area contributed by atoms with Crippen molar-refractivity contribution in [3.8, 4) is 5.75 Å². The number of alkyl halides is 2. The van der Waals surface area contributed by atoms with Crippen LogP contribution in [-0.2, 0) is 9.47 Å². The van der Waals surface area contributed by atoms with Crippen LogP contribution >= 0.6 is 0 Å². The van der Waals surface area contributed by atoms with Crippen molar-refractivity contribution in [2.24, 2.45) is 0 Å². The molecule has 2 aliphatic rings. The van der Waals surface area contributed by atoms with Crippen LogP contribution in [-0.4, -0.2) is 55.9 Å². The quantitative estimate of drug-likeness (QED) is 0.848. The monoisotopic (exact) mass is 341 g/mol. The highest BCUT2D eigenvalue weighted by atomic mass is 19.3. The molecule has 2 heterocycles. The maximum atomic E-state index is 13.0. The Hall–Kier alpha value is -1.73. The summed E-state index contributed by atoms with van der Waals surface area (Å²) >= 11 is 0. The Kier molecular flexibility index (Phi) is 4.73. The smallest absolute Gasteiger partial charge is 0.387 e. The Labute approximate surface area is 139 Å². The number of benzene rings is 1. The molecule has 0 saturated carbocycles. The van der Waals surface area contributed by atoms with Gasteiger partial charge in [0.2, 0.25) is 0 Å². The highest BCUT2D eigenvalue weighted by Crippen LogP contribution is 2.32.